The molecule has 1 aliphatic rings. The molecular formula is C14H31NSSiSn. The van der Waals surface area contributed by atoms with Crippen molar-refractivity contribution in [2.24, 2.45) is 5.41 Å². The summed E-state index contributed by atoms with van der Waals surface area (Å²) in [5.41, 5.74) is 0.137. The van der Waals surface area contributed by atoms with Crippen LogP contribution in [0.5, 0.6) is 0 Å². The summed E-state index contributed by atoms with van der Waals surface area (Å²) >= 11 is 3.77. The fourth-order valence-corrected chi connectivity index (χ4v) is 33.2. The van der Waals surface area contributed by atoms with Gasteiger partial charge in [0.15, 0.2) is 0 Å². The van der Waals surface area contributed by atoms with E-state index in [4.69, 9.17) is 12.2 Å². The minimum atomic E-state index is -2.06. The Kier molecular flexibility index (Phi) is 4.45. The molecule has 0 saturated carbocycles. The van der Waals surface area contributed by atoms with E-state index in [0.29, 0.717) is 3.18 Å². The molecule has 1 unspecified atom stereocenters. The average Bonchev–Trinajstić information content (AvgIpc) is 1.93. The molecule has 1 saturated heterocycles. The first-order valence-corrected chi connectivity index (χ1v) is 21.0. The van der Waals surface area contributed by atoms with Gasteiger partial charge in [-0.3, -0.25) is 0 Å². The van der Waals surface area contributed by atoms with Crippen molar-refractivity contribution in [1.82, 2.24) is 4.90 Å². The Hall–Kier alpha value is 0.906. The number of hydrogen-bond acceptors (Lipinski definition) is 1. The molecule has 1 fully saturated rings. The summed E-state index contributed by atoms with van der Waals surface area (Å²) in [5, 5.41) is 0. The van der Waals surface area contributed by atoms with Crippen molar-refractivity contribution >= 4 is 43.7 Å². The van der Waals surface area contributed by atoms with Crippen molar-refractivity contribution in [3.05, 3.63) is 0 Å². The zero-order valence-electron chi connectivity index (χ0n) is 13.8. The summed E-state index contributed by atoms with van der Waals surface area (Å²) in [5.74, 6) is 0. The fraction of sp³-hybridized carbons (Fsp3) is 0.929. The molecule has 0 radical (unpaired) electrons. The van der Waals surface area contributed by atoms with Crippen LogP contribution in [-0.4, -0.2) is 46.1 Å². The molecule has 0 amide bonds. The molecule has 4 heteroatoms. The van der Waals surface area contributed by atoms with E-state index >= 15 is 0 Å². The number of likely N-dealkylation sites (tertiary alicyclic amines) is 1. The van der Waals surface area contributed by atoms with Crippen molar-refractivity contribution in [2.75, 3.05) is 6.54 Å². The predicted molar refractivity (Wildman–Crippen MR) is 92.8 cm³/mol. The van der Waals surface area contributed by atoms with Crippen LogP contribution in [0, 0.1) is 5.41 Å². The van der Waals surface area contributed by atoms with E-state index in [2.05, 4.69) is 60.1 Å². The van der Waals surface area contributed by atoms with Gasteiger partial charge in [0.1, 0.15) is 0 Å². The maximum absolute atomic E-state index is 5.83. The summed E-state index contributed by atoms with van der Waals surface area (Å²) in [7, 11) is -1.23. The Morgan fingerprint density at radius 3 is 1.78 bits per heavy atom. The van der Waals surface area contributed by atoms with Crippen molar-refractivity contribution in [2.45, 2.75) is 64.8 Å². The molecule has 0 aromatic heterocycles. The Morgan fingerprint density at radius 1 is 1.17 bits per heavy atom. The minimum absolute atomic E-state index is 0.137. The van der Waals surface area contributed by atoms with Crippen molar-refractivity contribution in [3.8, 4) is 0 Å². The first kappa shape index (κ1) is 17.0. The van der Waals surface area contributed by atoms with E-state index in [-0.39, 0.29) is 5.41 Å². The third kappa shape index (κ3) is 2.56. The van der Waals surface area contributed by atoms with Gasteiger partial charge in [-0.25, -0.2) is 0 Å². The van der Waals surface area contributed by atoms with Gasteiger partial charge < -0.3 is 0 Å². The van der Waals surface area contributed by atoms with Crippen LogP contribution in [0.25, 0.3) is 0 Å². The second-order valence-corrected chi connectivity index (χ2v) is 31.2. The SMILES string of the molecule is CC(C)(C)C(=S)N1CC[C]1([Si](C)(C)C)[Sn]([CH3])([CH3])[CH3]. The molecule has 1 nitrogen and oxygen atoms in total. The molecule has 1 aliphatic heterocycles. The van der Waals surface area contributed by atoms with Crippen molar-refractivity contribution < 1.29 is 0 Å². The van der Waals surface area contributed by atoms with Crippen molar-refractivity contribution in [1.29, 1.82) is 0 Å². The molecule has 0 aromatic rings. The first-order valence-electron chi connectivity index (χ1n) is 7.07. The van der Waals surface area contributed by atoms with Gasteiger partial charge in [-0.2, -0.15) is 0 Å². The van der Waals surface area contributed by atoms with E-state index in [1.54, 1.807) is 0 Å². The predicted octanol–water partition coefficient (Wildman–Crippen LogP) is 4.56. The maximum atomic E-state index is 5.83. The van der Waals surface area contributed by atoms with Gasteiger partial charge in [0.2, 0.25) is 0 Å². The van der Waals surface area contributed by atoms with E-state index in [0.717, 1.165) is 0 Å². The Bertz CT molecular complexity index is 332. The van der Waals surface area contributed by atoms with Crippen LogP contribution in [0.2, 0.25) is 34.5 Å². The molecule has 1 atom stereocenters. The third-order valence-electron chi connectivity index (χ3n) is 4.53. The molecule has 18 heavy (non-hydrogen) atoms. The zero-order valence-corrected chi connectivity index (χ0v) is 18.4. The number of rotatable bonds is 2. The van der Waals surface area contributed by atoms with E-state index in [1.807, 2.05) is 0 Å². The van der Waals surface area contributed by atoms with Gasteiger partial charge in [0, 0.05) is 0 Å². The standard InChI is InChI=1S/C11H22NSSi.3CH3.Sn/c1-11(2,3)10(13)12-8-7-9(12)14(4,5)6;;;;/h7-8H2,1-6H3;3*1H3;. The van der Waals surface area contributed by atoms with Crippen LogP contribution in [0.3, 0.4) is 0 Å². The van der Waals surface area contributed by atoms with E-state index in [9.17, 15) is 0 Å². The van der Waals surface area contributed by atoms with Crippen LogP contribution in [0.4, 0.5) is 0 Å². The molecule has 0 aliphatic carbocycles. The topological polar surface area (TPSA) is 3.24 Å². The Balaban J connectivity index is 3.22. The van der Waals surface area contributed by atoms with Crippen molar-refractivity contribution in [3.63, 3.8) is 0 Å². The fourth-order valence-electron chi connectivity index (χ4n) is 3.81. The molecular weight excluding hydrogens is 361 g/mol. The zero-order chi connectivity index (χ0) is 14.6. The second kappa shape index (κ2) is 4.73. The molecule has 106 valence electrons. The summed E-state index contributed by atoms with van der Waals surface area (Å²) < 4.78 is 0.534. The van der Waals surface area contributed by atoms with E-state index in [1.165, 1.54) is 18.0 Å². The molecule has 0 N–H and O–H groups in total. The van der Waals surface area contributed by atoms with Gasteiger partial charge in [-0.15, -0.1) is 0 Å². The summed E-state index contributed by atoms with van der Waals surface area (Å²) in [4.78, 5) is 11.7. The van der Waals surface area contributed by atoms with Crippen LogP contribution in [0.1, 0.15) is 27.2 Å². The normalized spacial score (nSPS) is 25.9. The van der Waals surface area contributed by atoms with Gasteiger partial charge in [-0.1, -0.05) is 0 Å². The Labute approximate surface area is 125 Å². The van der Waals surface area contributed by atoms with Gasteiger partial charge in [-0.05, 0) is 0 Å². The monoisotopic (exact) mass is 393 g/mol. The van der Waals surface area contributed by atoms with Crippen LogP contribution < -0.4 is 0 Å². The second-order valence-electron chi connectivity index (χ2n) is 8.82. The van der Waals surface area contributed by atoms with Crippen LogP contribution in [-0.2, 0) is 0 Å². The summed E-state index contributed by atoms with van der Waals surface area (Å²) in [6.07, 6.45) is 1.40. The Morgan fingerprint density at radius 2 is 1.61 bits per heavy atom. The average molecular weight is 392 g/mol. The summed E-state index contributed by atoms with van der Waals surface area (Å²) in [6.45, 7) is 15.6. The number of nitrogens with zero attached hydrogens (tertiary/aromatic N) is 1. The van der Waals surface area contributed by atoms with Gasteiger partial charge >= 0.3 is 125 Å². The molecule has 1 rings (SSSR count). The van der Waals surface area contributed by atoms with E-state index < -0.39 is 26.5 Å². The van der Waals surface area contributed by atoms with Crippen LogP contribution >= 0.6 is 12.2 Å². The number of thiocarbonyl (C=S) groups is 1. The summed E-state index contributed by atoms with van der Waals surface area (Å²) in [6, 6.07) is 0. The van der Waals surface area contributed by atoms with Gasteiger partial charge in [0.05, 0.1) is 0 Å². The van der Waals surface area contributed by atoms with Gasteiger partial charge in [0.25, 0.3) is 0 Å². The molecule has 1 heterocycles. The molecule has 0 aromatic carbocycles. The number of hydrogen-bond donors (Lipinski definition) is 0. The third-order valence-corrected chi connectivity index (χ3v) is 28.4. The quantitative estimate of drug-likeness (QED) is 0.501. The molecule has 0 spiro atoms. The van der Waals surface area contributed by atoms with Crippen LogP contribution in [0.15, 0.2) is 0 Å². The first-order chi connectivity index (χ1) is 7.75. The molecule has 0 bridgehead atoms.